The average Bonchev–Trinajstić information content (AvgIpc) is 1.88. The van der Waals surface area contributed by atoms with Crippen molar-refractivity contribution in [3.63, 3.8) is 0 Å². The average molecular weight is 242 g/mol. The zero-order chi connectivity index (χ0) is 10.3. The summed E-state index contributed by atoms with van der Waals surface area (Å²) in [6.45, 7) is 0. The van der Waals surface area contributed by atoms with E-state index < -0.39 is 23.8 Å². The van der Waals surface area contributed by atoms with Crippen LogP contribution < -0.4 is 11.5 Å². The van der Waals surface area contributed by atoms with Crippen LogP contribution >= 0.6 is 0 Å². The van der Waals surface area contributed by atoms with Crippen LogP contribution in [-0.2, 0) is 36.2 Å². The molecule has 2 amide bonds. The number of primary amides is 2. The number of carboxylic acids is 2. The summed E-state index contributed by atoms with van der Waals surface area (Å²) in [7, 11) is 0. The smallest absolute Gasteiger partial charge is 0.394 e. The van der Waals surface area contributed by atoms with E-state index in [0.29, 0.717) is 0 Å². The van der Waals surface area contributed by atoms with Gasteiger partial charge in [0, 0.05) is 17.1 Å². The van der Waals surface area contributed by atoms with E-state index in [1.54, 1.807) is 0 Å². The van der Waals surface area contributed by atoms with Crippen molar-refractivity contribution < 1.29 is 46.5 Å². The van der Waals surface area contributed by atoms with Crippen molar-refractivity contribution in [2.45, 2.75) is 0 Å². The third kappa shape index (κ3) is 17.9. The van der Waals surface area contributed by atoms with E-state index in [2.05, 4.69) is 11.5 Å². The van der Waals surface area contributed by atoms with Gasteiger partial charge in [-0.25, -0.2) is 9.59 Å². The predicted octanol–water partition coefficient (Wildman–Crippen LogP) is -2.89. The number of rotatable bonds is 0. The molecule has 13 heavy (non-hydrogen) atoms. The van der Waals surface area contributed by atoms with E-state index in [-0.39, 0.29) is 17.1 Å². The second-order valence-electron chi connectivity index (χ2n) is 1.34. The molecule has 0 aromatic rings. The molecular weight excluding hydrogens is 236 g/mol. The number of carbonyl (C=O) groups is 4. The van der Waals surface area contributed by atoms with Crippen LogP contribution in [-0.4, -0.2) is 34.0 Å². The third-order valence-corrected chi connectivity index (χ3v) is 0.422. The first-order valence-corrected chi connectivity index (χ1v) is 2.34. The minimum Gasteiger partial charge on any atom is -0.474 e. The van der Waals surface area contributed by atoms with Crippen molar-refractivity contribution in [3.05, 3.63) is 0 Å². The van der Waals surface area contributed by atoms with Crippen LogP contribution in [0.2, 0.25) is 0 Å². The summed E-state index contributed by atoms with van der Waals surface area (Å²) in [6.07, 6.45) is 0. The number of nitrogens with two attached hydrogens (primary N) is 2. The molecule has 0 aliphatic carbocycles. The summed E-state index contributed by atoms with van der Waals surface area (Å²) < 4.78 is 0. The molecule has 9 heteroatoms. The maximum absolute atomic E-state index is 9.32. The van der Waals surface area contributed by atoms with Gasteiger partial charge in [-0.2, -0.15) is 0 Å². The minimum atomic E-state index is -1.60. The van der Waals surface area contributed by atoms with Gasteiger partial charge in [0.15, 0.2) is 0 Å². The fourth-order valence-corrected chi connectivity index (χ4v) is 0. The van der Waals surface area contributed by atoms with E-state index in [0.717, 1.165) is 0 Å². The molecule has 6 N–H and O–H groups in total. The molecule has 0 rings (SSSR count). The molecule has 0 bridgehead atoms. The second-order valence-corrected chi connectivity index (χ2v) is 1.34. The monoisotopic (exact) mass is 241 g/mol. The maximum atomic E-state index is 9.32. The van der Waals surface area contributed by atoms with E-state index in [1.165, 1.54) is 0 Å². The second kappa shape index (κ2) is 8.50. The Bertz CT molecular complexity index is 179. The predicted molar refractivity (Wildman–Crippen MR) is 33.7 cm³/mol. The molecule has 0 heterocycles. The van der Waals surface area contributed by atoms with Gasteiger partial charge in [-0.15, -0.1) is 0 Å². The van der Waals surface area contributed by atoms with Crippen LogP contribution in [0.3, 0.4) is 0 Å². The first-order valence-electron chi connectivity index (χ1n) is 2.34. The largest absolute Gasteiger partial charge is 0.474 e. The van der Waals surface area contributed by atoms with Gasteiger partial charge in [0.25, 0.3) is 0 Å². The van der Waals surface area contributed by atoms with Gasteiger partial charge >= 0.3 is 23.8 Å². The van der Waals surface area contributed by atoms with Gasteiger partial charge in [0.05, 0.1) is 0 Å². The van der Waals surface area contributed by atoms with Gasteiger partial charge in [-0.05, 0) is 0 Å². The van der Waals surface area contributed by atoms with Crippen molar-refractivity contribution >= 4 is 23.8 Å². The van der Waals surface area contributed by atoms with Crippen molar-refractivity contribution in [1.82, 2.24) is 0 Å². The van der Waals surface area contributed by atoms with Crippen LogP contribution in [0, 0.1) is 0 Å². The Morgan fingerprint density at radius 3 is 0.846 bits per heavy atom. The molecule has 1 radical (unpaired) electrons. The molecule has 0 spiro atoms. The van der Waals surface area contributed by atoms with E-state index in [9.17, 15) is 19.2 Å². The number of aliphatic carboxylic acids is 2. The molecule has 0 unspecified atom stereocenters. The molecule has 0 aromatic heterocycles. The Hall–Kier alpha value is -1.60. The molecular formula is C4H6CuN2O6. The van der Waals surface area contributed by atoms with Gasteiger partial charge < -0.3 is 21.7 Å². The number of carboxylic acid groups (broad SMARTS) is 2. The molecule has 0 aliphatic heterocycles. The normalized spacial score (nSPS) is 6.77. The number of hydrogen-bond donors (Lipinski definition) is 4. The summed E-state index contributed by atoms with van der Waals surface area (Å²) in [5.41, 5.74) is 8.39. The van der Waals surface area contributed by atoms with E-state index in [4.69, 9.17) is 10.2 Å². The molecule has 0 saturated heterocycles. The number of carbonyl (C=O) groups excluding carboxylic acids is 2. The van der Waals surface area contributed by atoms with Crippen LogP contribution in [0.4, 0.5) is 0 Å². The molecule has 0 aromatic carbocycles. The van der Waals surface area contributed by atoms with Gasteiger partial charge in [0.2, 0.25) is 0 Å². The summed E-state index contributed by atoms with van der Waals surface area (Å²) in [6, 6.07) is 0. The van der Waals surface area contributed by atoms with Crippen LogP contribution in [0.25, 0.3) is 0 Å². The first-order chi connectivity index (χ1) is 5.29. The number of hydrogen-bond acceptors (Lipinski definition) is 4. The van der Waals surface area contributed by atoms with Crippen molar-refractivity contribution in [3.8, 4) is 0 Å². The van der Waals surface area contributed by atoms with Crippen molar-refractivity contribution in [1.29, 1.82) is 0 Å². The molecule has 0 saturated carbocycles. The molecule has 0 fully saturated rings. The molecule has 8 nitrogen and oxygen atoms in total. The third-order valence-electron chi connectivity index (χ3n) is 0.422. The summed E-state index contributed by atoms with van der Waals surface area (Å²) in [5.74, 6) is -5.85. The fraction of sp³-hybridized carbons (Fsp3) is 0. The van der Waals surface area contributed by atoms with Crippen molar-refractivity contribution in [2.75, 3.05) is 0 Å². The van der Waals surface area contributed by atoms with Gasteiger partial charge in [-0.3, -0.25) is 9.59 Å². The van der Waals surface area contributed by atoms with Crippen LogP contribution in [0.15, 0.2) is 0 Å². The maximum Gasteiger partial charge on any atom is 0.394 e. The zero-order valence-corrected chi connectivity index (χ0v) is 6.93. The fourth-order valence-electron chi connectivity index (χ4n) is 0. The van der Waals surface area contributed by atoms with E-state index >= 15 is 0 Å². The Labute approximate surface area is 82.3 Å². The van der Waals surface area contributed by atoms with Gasteiger partial charge in [-0.1, -0.05) is 0 Å². The number of amides is 2. The topological polar surface area (TPSA) is 161 Å². The minimum absolute atomic E-state index is 0. The van der Waals surface area contributed by atoms with Gasteiger partial charge in [0.1, 0.15) is 0 Å². The Morgan fingerprint density at radius 2 is 0.846 bits per heavy atom. The Kier molecular flexibility index (Phi) is 11.4. The van der Waals surface area contributed by atoms with E-state index in [1.807, 2.05) is 0 Å². The SMILES string of the molecule is NC(=O)C(=O)O.NC(=O)C(=O)O.[Cu]. The summed E-state index contributed by atoms with van der Waals surface area (Å²) in [4.78, 5) is 37.1. The van der Waals surface area contributed by atoms with Crippen molar-refractivity contribution in [2.24, 2.45) is 11.5 Å². The Morgan fingerprint density at radius 1 is 0.769 bits per heavy atom. The standard InChI is InChI=1S/2C2H3NO3.Cu/c2*3-1(4)2(5)6;/h2*(H2,3,4)(H,5,6);. The summed E-state index contributed by atoms with van der Waals surface area (Å²) in [5, 5.41) is 15.0. The van der Waals surface area contributed by atoms with Crippen LogP contribution in [0.1, 0.15) is 0 Å². The first kappa shape index (κ1) is 17.5. The summed E-state index contributed by atoms with van der Waals surface area (Å²) >= 11 is 0. The van der Waals surface area contributed by atoms with Crippen LogP contribution in [0.5, 0.6) is 0 Å². The quantitative estimate of drug-likeness (QED) is 0.263. The Balaban J connectivity index is -0.000000143. The molecule has 0 aliphatic rings. The molecule has 0 atom stereocenters. The zero-order valence-electron chi connectivity index (χ0n) is 5.98. The molecule has 79 valence electrons.